The van der Waals surface area contributed by atoms with Gasteiger partial charge in [0.15, 0.2) is 0 Å². The van der Waals surface area contributed by atoms with Gasteiger partial charge in [0.25, 0.3) is 0 Å². The number of ether oxygens (including phenoxy) is 1. The van der Waals surface area contributed by atoms with Crippen molar-refractivity contribution in [2.45, 2.75) is 32.7 Å². The van der Waals surface area contributed by atoms with Crippen LogP contribution in [0.5, 0.6) is 0 Å². The monoisotopic (exact) mass is 272 g/mol. The van der Waals surface area contributed by atoms with Crippen LogP contribution in [0.1, 0.15) is 25.1 Å². The fraction of sp³-hybridized carbons (Fsp3) is 0.533. The lowest BCUT2D eigenvalue weighted by Gasteiger charge is -2.22. The molecule has 0 aromatic carbocycles. The van der Waals surface area contributed by atoms with Crippen LogP contribution < -0.4 is 0 Å². The van der Waals surface area contributed by atoms with Gasteiger partial charge in [0, 0.05) is 44.5 Å². The third-order valence-corrected chi connectivity index (χ3v) is 3.79. The quantitative estimate of drug-likeness (QED) is 0.858. The zero-order valence-corrected chi connectivity index (χ0v) is 11.8. The highest BCUT2D eigenvalue weighted by molar-refractivity contribution is 5.52. The van der Waals surface area contributed by atoms with Crippen LogP contribution in [-0.2, 0) is 11.3 Å². The van der Waals surface area contributed by atoms with Gasteiger partial charge in [-0.3, -0.25) is 0 Å². The highest BCUT2D eigenvalue weighted by Gasteiger charge is 2.15. The number of aryl methyl sites for hydroxylation is 2. The van der Waals surface area contributed by atoms with Crippen LogP contribution in [0.3, 0.4) is 0 Å². The summed E-state index contributed by atoms with van der Waals surface area (Å²) in [5.41, 5.74) is 0.973. The van der Waals surface area contributed by atoms with Crippen LogP contribution in [0.2, 0.25) is 0 Å². The molecule has 0 saturated carbocycles. The molecule has 1 aliphatic heterocycles. The Morgan fingerprint density at radius 3 is 2.90 bits per heavy atom. The molecule has 2 aromatic rings. The van der Waals surface area contributed by atoms with Crippen molar-refractivity contribution in [1.82, 2.24) is 19.5 Å². The van der Waals surface area contributed by atoms with Gasteiger partial charge in [0.1, 0.15) is 11.6 Å². The van der Waals surface area contributed by atoms with Crippen molar-refractivity contribution in [2.24, 2.45) is 5.92 Å². The van der Waals surface area contributed by atoms with Crippen molar-refractivity contribution in [1.29, 1.82) is 0 Å². The minimum atomic E-state index is 0.674. The molecule has 1 unspecified atom stereocenters. The lowest BCUT2D eigenvalue weighted by molar-refractivity contribution is 0.0501. The molecule has 0 aliphatic carbocycles. The van der Waals surface area contributed by atoms with E-state index in [4.69, 9.17) is 4.74 Å². The summed E-state index contributed by atoms with van der Waals surface area (Å²) in [6.07, 6.45) is 11.1. The molecule has 3 rings (SSSR count). The van der Waals surface area contributed by atoms with Crippen LogP contribution in [0.25, 0.3) is 11.4 Å². The molecule has 1 saturated heterocycles. The van der Waals surface area contributed by atoms with Crippen LogP contribution in [0.15, 0.2) is 24.8 Å². The highest BCUT2D eigenvalue weighted by Crippen LogP contribution is 2.20. The first-order chi connectivity index (χ1) is 9.83. The first-order valence-corrected chi connectivity index (χ1v) is 7.21. The predicted octanol–water partition coefficient (Wildman–Crippen LogP) is 2.47. The van der Waals surface area contributed by atoms with Crippen molar-refractivity contribution < 1.29 is 4.74 Å². The fourth-order valence-corrected chi connectivity index (χ4v) is 2.61. The molecule has 0 radical (unpaired) electrons. The van der Waals surface area contributed by atoms with Gasteiger partial charge in [-0.05, 0) is 32.1 Å². The minimum Gasteiger partial charge on any atom is -0.381 e. The molecule has 20 heavy (non-hydrogen) atoms. The fourth-order valence-electron chi connectivity index (χ4n) is 2.61. The molecule has 1 atom stereocenters. The Labute approximate surface area is 119 Å². The average Bonchev–Trinajstić information content (AvgIpc) is 2.95. The maximum absolute atomic E-state index is 5.54. The zero-order valence-electron chi connectivity index (χ0n) is 11.8. The van der Waals surface area contributed by atoms with E-state index in [2.05, 4.69) is 19.5 Å². The van der Waals surface area contributed by atoms with Gasteiger partial charge in [0.2, 0.25) is 0 Å². The van der Waals surface area contributed by atoms with E-state index in [0.29, 0.717) is 5.92 Å². The van der Waals surface area contributed by atoms with E-state index in [1.165, 1.54) is 12.8 Å². The first kappa shape index (κ1) is 13.2. The van der Waals surface area contributed by atoms with E-state index in [1.54, 1.807) is 0 Å². The van der Waals surface area contributed by atoms with E-state index in [9.17, 15) is 0 Å². The first-order valence-electron chi connectivity index (χ1n) is 7.21. The summed E-state index contributed by atoms with van der Waals surface area (Å²) < 4.78 is 7.72. The number of imidazole rings is 1. The van der Waals surface area contributed by atoms with Crippen LogP contribution in [-0.4, -0.2) is 32.7 Å². The SMILES string of the molecule is Cc1ncc(-c2nccn2CCC2CCCOC2)cn1. The molecule has 5 nitrogen and oxygen atoms in total. The number of aromatic nitrogens is 4. The van der Waals surface area contributed by atoms with E-state index in [-0.39, 0.29) is 0 Å². The molecule has 106 valence electrons. The largest absolute Gasteiger partial charge is 0.381 e. The highest BCUT2D eigenvalue weighted by atomic mass is 16.5. The second kappa shape index (κ2) is 6.13. The Morgan fingerprint density at radius 2 is 2.15 bits per heavy atom. The van der Waals surface area contributed by atoms with Gasteiger partial charge in [-0.25, -0.2) is 15.0 Å². The summed E-state index contributed by atoms with van der Waals surface area (Å²) >= 11 is 0. The van der Waals surface area contributed by atoms with E-state index in [1.807, 2.05) is 31.7 Å². The minimum absolute atomic E-state index is 0.674. The van der Waals surface area contributed by atoms with Gasteiger partial charge in [-0.15, -0.1) is 0 Å². The van der Waals surface area contributed by atoms with E-state index >= 15 is 0 Å². The number of rotatable bonds is 4. The van der Waals surface area contributed by atoms with Crippen LogP contribution in [0.4, 0.5) is 0 Å². The lowest BCUT2D eigenvalue weighted by atomic mass is 9.99. The second-order valence-corrected chi connectivity index (χ2v) is 5.34. The summed E-state index contributed by atoms with van der Waals surface area (Å²) in [4.78, 5) is 12.9. The summed E-state index contributed by atoms with van der Waals surface area (Å²) in [5.74, 6) is 2.40. The Bertz CT molecular complexity index is 543. The van der Waals surface area contributed by atoms with Gasteiger partial charge >= 0.3 is 0 Å². The molecular formula is C15H20N4O. The van der Waals surface area contributed by atoms with Gasteiger partial charge in [0.05, 0.1) is 5.56 Å². The summed E-state index contributed by atoms with van der Waals surface area (Å²) in [6.45, 7) is 4.68. The van der Waals surface area contributed by atoms with Gasteiger partial charge in [-0.1, -0.05) is 0 Å². The van der Waals surface area contributed by atoms with Crippen molar-refractivity contribution in [3.63, 3.8) is 0 Å². The average molecular weight is 272 g/mol. The Hall–Kier alpha value is -1.75. The number of hydrogen-bond acceptors (Lipinski definition) is 4. The third kappa shape index (κ3) is 3.04. The zero-order chi connectivity index (χ0) is 13.8. The molecule has 0 N–H and O–H groups in total. The van der Waals surface area contributed by atoms with Gasteiger partial charge < -0.3 is 9.30 Å². The van der Waals surface area contributed by atoms with Crippen LogP contribution in [0, 0.1) is 12.8 Å². The molecule has 1 aliphatic rings. The molecule has 0 amide bonds. The summed E-state index contributed by atoms with van der Waals surface area (Å²) in [5, 5.41) is 0. The molecule has 0 bridgehead atoms. The summed E-state index contributed by atoms with van der Waals surface area (Å²) in [7, 11) is 0. The molecule has 2 aromatic heterocycles. The maximum Gasteiger partial charge on any atom is 0.143 e. The lowest BCUT2D eigenvalue weighted by Crippen LogP contribution is -2.19. The van der Waals surface area contributed by atoms with Crippen molar-refractivity contribution >= 4 is 0 Å². The molecular weight excluding hydrogens is 252 g/mol. The standard InChI is InChI=1S/C15H20N4O/c1-12-17-9-14(10-18-12)15-16-5-7-19(15)6-4-13-3-2-8-20-11-13/h5,7,9-10,13H,2-4,6,8,11H2,1H3. The normalized spacial score (nSPS) is 19.1. The van der Waals surface area contributed by atoms with Crippen molar-refractivity contribution in [3.8, 4) is 11.4 Å². The smallest absolute Gasteiger partial charge is 0.143 e. The molecule has 5 heteroatoms. The Morgan fingerprint density at radius 1 is 1.30 bits per heavy atom. The predicted molar refractivity (Wildman–Crippen MR) is 76.2 cm³/mol. The Kier molecular flexibility index (Phi) is 4.06. The van der Waals surface area contributed by atoms with Crippen LogP contribution >= 0.6 is 0 Å². The third-order valence-electron chi connectivity index (χ3n) is 3.79. The van der Waals surface area contributed by atoms with E-state index < -0.39 is 0 Å². The maximum atomic E-state index is 5.54. The van der Waals surface area contributed by atoms with E-state index in [0.717, 1.165) is 43.4 Å². The van der Waals surface area contributed by atoms with Gasteiger partial charge in [-0.2, -0.15) is 0 Å². The second-order valence-electron chi connectivity index (χ2n) is 5.34. The Balaban J connectivity index is 1.68. The van der Waals surface area contributed by atoms with Crippen molar-refractivity contribution in [2.75, 3.05) is 13.2 Å². The molecule has 1 fully saturated rings. The number of nitrogens with zero attached hydrogens (tertiary/aromatic N) is 4. The number of hydrogen-bond donors (Lipinski definition) is 0. The van der Waals surface area contributed by atoms with Crippen molar-refractivity contribution in [3.05, 3.63) is 30.6 Å². The summed E-state index contributed by atoms with van der Waals surface area (Å²) in [6, 6.07) is 0. The molecule has 0 spiro atoms. The molecule has 3 heterocycles. The topological polar surface area (TPSA) is 52.8 Å².